The lowest BCUT2D eigenvalue weighted by Gasteiger charge is -2.36. The maximum Gasteiger partial charge on any atom is 0.416 e. The number of nitriles is 1. The first kappa shape index (κ1) is 21.4. The maximum absolute atomic E-state index is 13.3. The van der Waals surface area contributed by atoms with Gasteiger partial charge in [0.25, 0.3) is 5.91 Å². The molecule has 0 bridgehead atoms. The molecule has 164 valence electrons. The van der Waals surface area contributed by atoms with Crippen LogP contribution in [0.2, 0.25) is 0 Å². The Morgan fingerprint density at radius 2 is 1.88 bits per heavy atom. The van der Waals surface area contributed by atoms with Crippen LogP contribution in [-0.4, -0.2) is 22.9 Å². The van der Waals surface area contributed by atoms with E-state index in [0.717, 1.165) is 25.0 Å². The first-order valence-electron chi connectivity index (χ1n) is 9.98. The molecule has 32 heavy (non-hydrogen) atoms. The van der Waals surface area contributed by atoms with Gasteiger partial charge in [0, 0.05) is 17.4 Å². The van der Waals surface area contributed by atoms with Crippen LogP contribution in [0.3, 0.4) is 0 Å². The van der Waals surface area contributed by atoms with Crippen molar-refractivity contribution in [2.24, 2.45) is 0 Å². The lowest BCUT2D eigenvalue weighted by atomic mass is 9.93. The molecule has 1 aliphatic heterocycles. The fourth-order valence-corrected chi connectivity index (χ4v) is 3.80. The average Bonchev–Trinajstić information content (AvgIpc) is 3.58. The van der Waals surface area contributed by atoms with Gasteiger partial charge in [0.2, 0.25) is 0 Å². The Labute approximate surface area is 182 Å². The van der Waals surface area contributed by atoms with E-state index in [-0.39, 0.29) is 23.3 Å². The lowest BCUT2D eigenvalue weighted by molar-refractivity contribution is -0.137. The molecule has 2 aromatic carbocycles. The summed E-state index contributed by atoms with van der Waals surface area (Å²) in [7, 11) is 0. The number of allylic oxidation sites excluding steroid dienone is 1. The number of carbonyl (C=O) groups is 2. The Hall–Kier alpha value is -3.80. The van der Waals surface area contributed by atoms with Gasteiger partial charge >= 0.3 is 12.2 Å². The van der Waals surface area contributed by atoms with Gasteiger partial charge in [-0.2, -0.15) is 18.4 Å². The van der Waals surface area contributed by atoms with E-state index in [1.807, 2.05) is 6.07 Å². The first-order valence-corrected chi connectivity index (χ1v) is 9.98. The molecule has 1 fully saturated rings. The number of hydrogen-bond donors (Lipinski definition) is 2. The van der Waals surface area contributed by atoms with E-state index in [2.05, 4.69) is 10.6 Å². The van der Waals surface area contributed by atoms with Crippen molar-refractivity contribution in [1.29, 1.82) is 5.26 Å². The summed E-state index contributed by atoms with van der Waals surface area (Å²) in [6.07, 6.45) is -2.91. The zero-order valence-corrected chi connectivity index (χ0v) is 17.0. The highest BCUT2D eigenvalue weighted by atomic mass is 19.4. The SMILES string of the molecule is CC1=C(C(=O)Nc2cccc(C(F)(F)F)c2)C(c2ccc(C#N)cc2)NC(=O)N1C1CC1. The number of anilines is 1. The van der Waals surface area contributed by atoms with Crippen molar-refractivity contribution >= 4 is 17.6 Å². The molecule has 0 aromatic heterocycles. The molecule has 2 aromatic rings. The number of amides is 3. The van der Waals surface area contributed by atoms with Crippen molar-refractivity contribution in [3.05, 3.63) is 76.5 Å². The summed E-state index contributed by atoms with van der Waals surface area (Å²) < 4.78 is 39.2. The Kier molecular flexibility index (Phi) is 5.38. The van der Waals surface area contributed by atoms with Crippen molar-refractivity contribution in [3.63, 3.8) is 0 Å². The van der Waals surface area contributed by atoms with Gasteiger partial charge in [0.1, 0.15) is 0 Å². The van der Waals surface area contributed by atoms with Crippen LogP contribution in [-0.2, 0) is 11.0 Å². The van der Waals surface area contributed by atoms with Crippen molar-refractivity contribution in [3.8, 4) is 6.07 Å². The topological polar surface area (TPSA) is 85.2 Å². The Bertz CT molecular complexity index is 1150. The average molecular weight is 440 g/mol. The second kappa shape index (κ2) is 8.04. The molecule has 0 saturated heterocycles. The normalized spacial score (nSPS) is 18.8. The molecule has 1 saturated carbocycles. The van der Waals surface area contributed by atoms with Crippen LogP contribution in [0.1, 0.15) is 42.5 Å². The highest BCUT2D eigenvalue weighted by Gasteiger charge is 2.42. The second-order valence-corrected chi connectivity index (χ2v) is 7.75. The predicted molar refractivity (Wildman–Crippen MR) is 110 cm³/mol. The van der Waals surface area contributed by atoms with Crippen LogP contribution < -0.4 is 10.6 Å². The van der Waals surface area contributed by atoms with Crippen LogP contribution in [0.5, 0.6) is 0 Å². The minimum Gasteiger partial charge on any atom is -0.326 e. The Balaban J connectivity index is 1.71. The van der Waals surface area contributed by atoms with Gasteiger partial charge in [-0.05, 0) is 55.7 Å². The Morgan fingerprint density at radius 1 is 1.19 bits per heavy atom. The van der Waals surface area contributed by atoms with Gasteiger partial charge < -0.3 is 10.6 Å². The van der Waals surface area contributed by atoms with Gasteiger partial charge in [0.15, 0.2) is 0 Å². The van der Waals surface area contributed by atoms with Gasteiger partial charge in [-0.3, -0.25) is 9.69 Å². The summed E-state index contributed by atoms with van der Waals surface area (Å²) in [5.41, 5.74) is 0.820. The van der Waals surface area contributed by atoms with E-state index in [1.54, 1.807) is 31.2 Å². The fraction of sp³-hybridized carbons (Fsp3) is 0.261. The number of nitrogens with zero attached hydrogens (tertiary/aromatic N) is 2. The summed E-state index contributed by atoms with van der Waals surface area (Å²) in [4.78, 5) is 27.5. The molecule has 1 atom stereocenters. The third-order valence-electron chi connectivity index (χ3n) is 5.50. The van der Waals surface area contributed by atoms with Crippen molar-refractivity contribution in [1.82, 2.24) is 10.2 Å². The zero-order valence-electron chi connectivity index (χ0n) is 17.0. The molecule has 1 unspecified atom stereocenters. The minimum absolute atomic E-state index is 0.00132. The number of urea groups is 1. The zero-order chi connectivity index (χ0) is 23.0. The second-order valence-electron chi connectivity index (χ2n) is 7.75. The summed E-state index contributed by atoms with van der Waals surface area (Å²) in [5.74, 6) is -0.609. The molecule has 9 heteroatoms. The van der Waals surface area contributed by atoms with Crippen LogP contribution in [0.25, 0.3) is 0 Å². The number of carbonyl (C=O) groups excluding carboxylic acids is 2. The standard InChI is InChI=1S/C23H19F3N4O2/c1-13-19(21(31)28-17-4-2-3-16(11-17)23(24,25)26)20(15-7-5-14(12-27)6-8-15)29-22(32)30(13)18-9-10-18/h2-8,11,18,20H,9-10H2,1H3,(H,28,31)(H,29,32). The van der Waals surface area contributed by atoms with Gasteiger partial charge in [0.05, 0.1) is 28.8 Å². The van der Waals surface area contributed by atoms with Crippen LogP contribution >= 0.6 is 0 Å². The summed E-state index contributed by atoms with van der Waals surface area (Å²) in [5, 5.41) is 14.4. The van der Waals surface area contributed by atoms with Crippen LogP contribution in [0.4, 0.5) is 23.7 Å². The molecule has 0 radical (unpaired) electrons. The first-order chi connectivity index (χ1) is 15.2. The van der Waals surface area contributed by atoms with Crippen LogP contribution in [0, 0.1) is 11.3 Å². The monoisotopic (exact) mass is 440 g/mol. The molecule has 1 aliphatic carbocycles. The van der Waals surface area contributed by atoms with E-state index in [0.29, 0.717) is 16.8 Å². The van der Waals surface area contributed by atoms with Crippen molar-refractivity contribution in [2.45, 2.75) is 38.0 Å². The molecule has 4 rings (SSSR count). The number of benzene rings is 2. The predicted octanol–water partition coefficient (Wildman–Crippen LogP) is 4.72. The smallest absolute Gasteiger partial charge is 0.326 e. The summed E-state index contributed by atoms with van der Waals surface area (Å²) in [6, 6.07) is 11.7. The number of halogens is 3. The number of nitrogens with one attached hydrogen (secondary N) is 2. The highest BCUT2D eigenvalue weighted by Crippen LogP contribution is 2.38. The van der Waals surface area contributed by atoms with Crippen molar-refractivity contribution in [2.75, 3.05) is 5.32 Å². The van der Waals surface area contributed by atoms with Gasteiger partial charge in [-0.25, -0.2) is 4.79 Å². The lowest BCUT2D eigenvalue weighted by Crippen LogP contribution is -2.49. The van der Waals surface area contributed by atoms with Crippen molar-refractivity contribution < 1.29 is 22.8 Å². The number of alkyl halides is 3. The third kappa shape index (κ3) is 4.17. The van der Waals surface area contributed by atoms with E-state index in [1.165, 1.54) is 17.0 Å². The highest BCUT2D eigenvalue weighted by molar-refractivity contribution is 6.06. The Morgan fingerprint density at radius 3 is 2.47 bits per heavy atom. The minimum atomic E-state index is -4.54. The van der Waals surface area contributed by atoms with E-state index >= 15 is 0 Å². The molecular weight excluding hydrogens is 421 g/mol. The van der Waals surface area contributed by atoms with E-state index in [9.17, 15) is 22.8 Å². The van der Waals surface area contributed by atoms with Gasteiger partial charge in [-0.1, -0.05) is 18.2 Å². The molecule has 2 N–H and O–H groups in total. The van der Waals surface area contributed by atoms with Gasteiger partial charge in [-0.15, -0.1) is 0 Å². The molecule has 3 amide bonds. The number of hydrogen-bond acceptors (Lipinski definition) is 3. The third-order valence-corrected chi connectivity index (χ3v) is 5.50. The maximum atomic E-state index is 13.3. The molecule has 0 spiro atoms. The summed E-state index contributed by atoms with van der Waals surface area (Å²) in [6.45, 7) is 1.66. The molecule has 6 nitrogen and oxygen atoms in total. The van der Waals surface area contributed by atoms with E-state index < -0.39 is 23.7 Å². The van der Waals surface area contributed by atoms with Crippen LogP contribution in [0.15, 0.2) is 59.8 Å². The molecular formula is C23H19F3N4O2. The van der Waals surface area contributed by atoms with E-state index in [4.69, 9.17) is 5.26 Å². The summed E-state index contributed by atoms with van der Waals surface area (Å²) >= 11 is 0. The molecule has 2 aliphatic rings. The quantitative estimate of drug-likeness (QED) is 0.722. The number of rotatable bonds is 4. The largest absolute Gasteiger partial charge is 0.416 e. The molecule has 1 heterocycles. The fourth-order valence-electron chi connectivity index (χ4n) is 3.80.